The van der Waals surface area contributed by atoms with Crippen LogP contribution in [0, 0.1) is 15.9 Å². The van der Waals surface area contributed by atoms with E-state index in [4.69, 9.17) is 14.6 Å². The predicted octanol–water partition coefficient (Wildman–Crippen LogP) is 3.18. The number of piperazine rings is 1. The van der Waals surface area contributed by atoms with Crippen LogP contribution in [0.1, 0.15) is 52.3 Å². The third-order valence-corrected chi connectivity index (χ3v) is 8.09. The molecular weight excluding hydrogens is 509 g/mol. The Morgan fingerprint density at radius 2 is 2.00 bits per heavy atom. The highest BCUT2D eigenvalue weighted by molar-refractivity contribution is 14.1. The number of likely N-dealkylation sites (tertiary alicyclic amines) is 1. The number of nitrogens with one attached hydrogen (secondary N) is 1. The van der Waals surface area contributed by atoms with Crippen molar-refractivity contribution in [3.05, 3.63) is 9.26 Å². The quantitative estimate of drug-likeness (QED) is 0.587. The molecule has 1 atom stereocenters. The first kappa shape index (κ1) is 23.1. The molecule has 2 aliphatic heterocycles. The minimum absolute atomic E-state index is 0.110. The van der Waals surface area contributed by atoms with Crippen LogP contribution >= 0.6 is 22.6 Å². The molecule has 0 radical (unpaired) electrons. The van der Waals surface area contributed by atoms with Crippen LogP contribution in [0.25, 0.3) is 0 Å². The van der Waals surface area contributed by atoms with Gasteiger partial charge in [-0.15, -0.1) is 0 Å². The van der Waals surface area contributed by atoms with Gasteiger partial charge in [0, 0.05) is 45.2 Å². The van der Waals surface area contributed by atoms with Crippen molar-refractivity contribution in [2.75, 3.05) is 51.3 Å². The van der Waals surface area contributed by atoms with Crippen LogP contribution in [-0.4, -0.2) is 78.4 Å². The molecule has 1 saturated carbocycles. The Balaban J connectivity index is 1.42. The lowest BCUT2D eigenvalue weighted by Gasteiger charge is -2.58. The second-order valence-corrected chi connectivity index (χ2v) is 11.9. The molecule has 1 N–H and O–H groups in total. The van der Waals surface area contributed by atoms with Gasteiger partial charge in [0.1, 0.15) is 5.60 Å². The van der Waals surface area contributed by atoms with E-state index >= 15 is 0 Å². The summed E-state index contributed by atoms with van der Waals surface area (Å²) in [5.74, 6) is 1.07. The van der Waals surface area contributed by atoms with Gasteiger partial charge in [-0.2, -0.15) is 5.10 Å². The fourth-order valence-corrected chi connectivity index (χ4v) is 5.96. The molecule has 3 fully saturated rings. The van der Waals surface area contributed by atoms with Gasteiger partial charge in [0.25, 0.3) is 0 Å². The number of ether oxygens (including phenoxy) is 2. The van der Waals surface area contributed by atoms with Gasteiger partial charge in [-0.3, -0.25) is 4.68 Å². The Morgan fingerprint density at radius 3 is 2.61 bits per heavy atom. The molecule has 9 heteroatoms. The zero-order chi connectivity index (χ0) is 22.6. The van der Waals surface area contributed by atoms with Crippen molar-refractivity contribution in [1.82, 2.24) is 20.0 Å². The Morgan fingerprint density at radius 1 is 1.32 bits per heavy atom. The van der Waals surface area contributed by atoms with E-state index in [1.54, 1.807) is 7.11 Å². The molecule has 1 spiro atoms. The van der Waals surface area contributed by atoms with E-state index in [0.29, 0.717) is 12.6 Å². The molecule has 0 aromatic carbocycles. The molecule has 174 valence electrons. The molecule has 3 heterocycles. The predicted molar refractivity (Wildman–Crippen MR) is 129 cm³/mol. The molecule has 8 nitrogen and oxygen atoms in total. The molecular formula is C22H36IN5O3. The summed E-state index contributed by atoms with van der Waals surface area (Å²) >= 11 is 2.45. The average Bonchev–Trinajstić information content (AvgIpc) is 2.87. The maximum atomic E-state index is 12.3. The minimum atomic E-state index is -0.442. The Bertz CT molecular complexity index is 833. The zero-order valence-corrected chi connectivity index (χ0v) is 21.8. The lowest BCUT2D eigenvalue weighted by Crippen LogP contribution is -2.64. The van der Waals surface area contributed by atoms with Crippen molar-refractivity contribution in [1.29, 1.82) is 0 Å². The summed E-state index contributed by atoms with van der Waals surface area (Å²) in [5, 5.41) is 8.60. The molecule has 1 aliphatic carbocycles. The van der Waals surface area contributed by atoms with Crippen molar-refractivity contribution >= 4 is 34.5 Å². The van der Waals surface area contributed by atoms with Crippen LogP contribution < -0.4 is 10.2 Å². The molecule has 3 aliphatic rings. The summed E-state index contributed by atoms with van der Waals surface area (Å²) in [6.07, 6.45) is 1.95. The maximum absolute atomic E-state index is 12.3. The first-order valence-corrected chi connectivity index (χ1v) is 12.2. The summed E-state index contributed by atoms with van der Waals surface area (Å²) in [7, 11) is 1.76. The smallest absolute Gasteiger partial charge is 0.410 e. The third kappa shape index (κ3) is 4.29. The van der Waals surface area contributed by atoms with Crippen molar-refractivity contribution in [3.63, 3.8) is 0 Å². The number of nitrogens with zero attached hydrogens (tertiary/aromatic N) is 4. The second-order valence-electron chi connectivity index (χ2n) is 10.8. The molecule has 0 unspecified atom stereocenters. The van der Waals surface area contributed by atoms with Crippen molar-refractivity contribution in [2.24, 2.45) is 5.41 Å². The van der Waals surface area contributed by atoms with E-state index in [1.165, 1.54) is 9.26 Å². The largest absolute Gasteiger partial charge is 0.444 e. The van der Waals surface area contributed by atoms with Gasteiger partial charge in [0.05, 0.1) is 27.5 Å². The number of hydrogen-bond acceptors (Lipinski definition) is 6. The number of amides is 1. The summed E-state index contributed by atoms with van der Waals surface area (Å²) in [6, 6.07) is 0.402. The summed E-state index contributed by atoms with van der Waals surface area (Å²) in [4.78, 5) is 16.5. The minimum Gasteiger partial charge on any atom is -0.444 e. The fraction of sp³-hybridized carbons (Fsp3) is 0.818. The Labute approximate surface area is 199 Å². The Kier molecular flexibility index (Phi) is 6.00. The molecule has 4 rings (SSSR count). The number of methoxy groups -OCH3 is 1. The van der Waals surface area contributed by atoms with Crippen LogP contribution in [0.3, 0.4) is 0 Å². The molecule has 1 amide bonds. The summed E-state index contributed by atoms with van der Waals surface area (Å²) in [5.41, 5.74) is 0.923. The van der Waals surface area contributed by atoms with E-state index in [0.717, 1.165) is 51.4 Å². The van der Waals surface area contributed by atoms with Gasteiger partial charge >= 0.3 is 6.09 Å². The summed E-state index contributed by atoms with van der Waals surface area (Å²) in [6.45, 7) is 15.2. The fourth-order valence-electron chi connectivity index (χ4n) is 5.32. The van der Waals surface area contributed by atoms with Crippen LogP contribution in [-0.2, 0) is 9.47 Å². The average molecular weight is 545 g/mol. The number of halogens is 1. The normalized spacial score (nSPS) is 26.0. The number of aromatic nitrogens is 2. The highest BCUT2D eigenvalue weighted by Gasteiger charge is 2.55. The van der Waals surface area contributed by atoms with Gasteiger partial charge < -0.3 is 24.6 Å². The van der Waals surface area contributed by atoms with Crippen molar-refractivity contribution in [3.8, 4) is 0 Å². The molecule has 1 aromatic rings. The summed E-state index contributed by atoms with van der Waals surface area (Å²) < 4.78 is 14.5. The highest BCUT2D eigenvalue weighted by atomic mass is 127. The van der Waals surface area contributed by atoms with Gasteiger partial charge in [0.15, 0.2) is 5.82 Å². The lowest BCUT2D eigenvalue weighted by atomic mass is 9.61. The van der Waals surface area contributed by atoms with Crippen molar-refractivity contribution in [2.45, 2.75) is 64.6 Å². The number of anilines is 1. The monoisotopic (exact) mass is 545 g/mol. The van der Waals surface area contributed by atoms with Crippen LogP contribution in [0.15, 0.2) is 0 Å². The molecule has 1 aromatic heterocycles. The number of rotatable bonds is 4. The molecule has 31 heavy (non-hydrogen) atoms. The third-order valence-electron chi connectivity index (χ3n) is 6.83. The SMILES string of the molecule is COC[C@@]1(C)CNCCN1c1nn(C2CC3(C2)CN(C(=O)OC(C)(C)C)C3)c(C)c1I. The van der Waals surface area contributed by atoms with E-state index in [1.807, 2.05) is 25.7 Å². The van der Waals surface area contributed by atoms with Gasteiger partial charge in [-0.25, -0.2) is 4.79 Å². The molecule has 0 bridgehead atoms. The van der Waals surface area contributed by atoms with Crippen LogP contribution in [0.4, 0.5) is 10.6 Å². The van der Waals surface area contributed by atoms with Crippen LogP contribution in [0.2, 0.25) is 0 Å². The van der Waals surface area contributed by atoms with E-state index in [-0.39, 0.29) is 17.0 Å². The topological polar surface area (TPSA) is 71.9 Å². The number of hydrogen-bond donors (Lipinski definition) is 1. The van der Waals surface area contributed by atoms with Crippen LogP contribution in [0.5, 0.6) is 0 Å². The second kappa shape index (κ2) is 8.06. The molecule has 2 saturated heterocycles. The standard InChI is InChI=1S/C22H36IN5O3/c1-15-17(23)18(27-8-7-24-11-21(27,5)14-30-6)25-28(15)16-9-22(10-16)12-26(13-22)19(29)31-20(2,3)4/h16,24H,7-14H2,1-6H3/t21-/m1/s1. The Hall–Kier alpha value is -1.07. The number of carbonyl (C=O) groups excluding carboxylic acids is 1. The first-order valence-electron chi connectivity index (χ1n) is 11.2. The van der Waals surface area contributed by atoms with E-state index in [9.17, 15) is 4.79 Å². The van der Waals surface area contributed by atoms with E-state index < -0.39 is 5.60 Å². The van der Waals surface area contributed by atoms with Crippen molar-refractivity contribution < 1.29 is 14.3 Å². The first-order chi connectivity index (χ1) is 14.5. The highest BCUT2D eigenvalue weighted by Crippen LogP contribution is 2.55. The maximum Gasteiger partial charge on any atom is 0.410 e. The number of carbonyl (C=O) groups is 1. The van der Waals surface area contributed by atoms with E-state index in [2.05, 4.69) is 51.3 Å². The van der Waals surface area contributed by atoms with Gasteiger partial charge in [-0.1, -0.05) is 0 Å². The van der Waals surface area contributed by atoms with Gasteiger partial charge in [0.2, 0.25) is 0 Å². The lowest BCUT2D eigenvalue weighted by molar-refractivity contribution is -0.0931. The zero-order valence-electron chi connectivity index (χ0n) is 19.6. The van der Waals surface area contributed by atoms with Gasteiger partial charge in [-0.05, 0) is 70.1 Å².